The second-order valence-electron chi connectivity index (χ2n) is 4.98. The van der Waals surface area contributed by atoms with Crippen LogP contribution in [-0.2, 0) is 15.9 Å². The summed E-state index contributed by atoms with van der Waals surface area (Å²) in [6.45, 7) is -0.268. The fourth-order valence-corrected chi connectivity index (χ4v) is 2.16. The van der Waals surface area contributed by atoms with Crippen molar-refractivity contribution in [3.05, 3.63) is 29.8 Å². The summed E-state index contributed by atoms with van der Waals surface area (Å²) in [5, 5.41) is 47.3. The first-order chi connectivity index (χ1) is 10.0. The molecule has 21 heavy (non-hydrogen) atoms. The number of hydrogen-bond acceptors (Lipinski definition) is 7. The van der Waals surface area contributed by atoms with Crippen LogP contribution in [-0.4, -0.2) is 69.5 Å². The third kappa shape index (κ3) is 3.91. The quantitative estimate of drug-likeness (QED) is 0.461. The number of aliphatic hydroxyl groups is 4. The summed E-state index contributed by atoms with van der Waals surface area (Å²) in [5.74, 6) is 0.175. The van der Waals surface area contributed by atoms with E-state index >= 15 is 0 Å². The van der Waals surface area contributed by atoms with Crippen molar-refractivity contribution in [2.24, 2.45) is 0 Å². The van der Waals surface area contributed by atoms with E-state index < -0.39 is 37.3 Å². The highest BCUT2D eigenvalue weighted by Crippen LogP contribution is 2.22. The maximum Gasteiger partial charge on any atom is 0.186 e. The Balaban J connectivity index is 1.85. The maximum absolute atomic E-state index is 9.78. The van der Waals surface area contributed by atoms with Gasteiger partial charge in [0.05, 0.1) is 13.2 Å². The van der Waals surface area contributed by atoms with Gasteiger partial charge in [0.25, 0.3) is 0 Å². The summed E-state index contributed by atoms with van der Waals surface area (Å²) in [6, 6.07) is 6.60. The summed E-state index contributed by atoms with van der Waals surface area (Å²) < 4.78 is 10.6. The molecule has 0 aliphatic carbocycles. The van der Waals surface area contributed by atoms with E-state index in [4.69, 9.17) is 14.6 Å². The van der Waals surface area contributed by atoms with Crippen molar-refractivity contribution in [3.63, 3.8) is 0 Å². The summed E-state index contributed by atoms with van der Waals surface area (Å²) in [5.41, 5.74) is 0.928. The van der Waals surface area contributed by atoms with E-state index in [-0.39, 0.29) is 12.4 Å². The van der Waals surface area contributed by atoms with Gasteiger partial charge in [-0.1, -0.05) is 12.1 Å². The van der Waals surface area contributed by atoms with Gasteiger partial charge in [-0.2, -0.15) is 0 Å². The molecule has 1 fully saturated rings. The topological polar surface area (TPSA) is 120 Å². The average molecular weight is 300 g/mol. The van der Waals surface area contributed by atoms with Crippen LogP contribution in [0.1, 0.15) is 5.56 Å². The second-order valence-corrected chi connectivity index (χ2v) is 4.98. The molecule has 0 aromatic heterocycles. The van der Waals surface area contributed by atoms with Crippen LogP contribution in [0.5, 0.6) is 5.75 Å². The fraction of sp³-hybridized carbons (Fsp3) is 0.571. The Bertz CT molecular complexity index is 433. The monoisotopic (exact) mass is 300 g/mol. The Hall–Kier alpha value is -1.22. The first kappa shape index (κ1) is 16.2. The Kier molecular flexibility index (Phi) is 5.51. The van der Waals surface area contributed by atoms with Crippen molar-refractivity contribution in [2.75, 3.05) is 13.2 Å². The van der Waals surface area contributed by atoms with Crippen molar-refractivity contribution in [2.45, 2.75) is 37.1 Å². The lowest BCUT2D eigenvalue weighted by Crippen LogP contribution is -2.59. The molecular weight excluding hydrogens is 280 g/mol. The molecule has 5 N–H and O–H groups in total. The minimum Gasteiger partial charge on any atom is -0.508 e. The molecule has 0 radical (unpaired) electrons. The SMILES string of the molecule is OCC1O[C@@H](OCCc2ccc(O)cc2)C(O)C(O)[C@@H]1O. The van der Waals surface area contributed by atoms with Gasteiger partial charge in [-0.25, -0.2) is 0 Å². The zero-order chi connectivity index (χ0) is 15.4. The van der Waals surface area contributed by atoms with Gasteiger partial charge in [-0.15, -0.1) is 0 Å². The van der Waals surface area contributed by atoms with E-state index in [1.807, 2.05) is 0 Å². The summed E-state index contributed by atoms with van der Waals surface area (Å²) in [6.07, 6.45) is -5.77. The largest absolute Gasteiger partial charge is 0.508 e. The molecule has 1 aliphatic heterocycles. The van der Waals surface area contributed by atoms with Crippen molar-refractivity contribution in [1.82, 2.24) is 0 Å². The number of benzene rings is 1. The smallest absolute Gasteiger partial charge is 0.186 e. The number of aromatic hydroxyl groups is 1. The predicted molar refractivity (Wildman–Crippen MR) is 71.5 cm³/mol. The molecule has 1 aromatic rings. The van der Waals surface area contributed by atoms with Crippen LogP contribution in [0.25, 0.3) is 0 Å². The highest BCUT2D eigenvalue weighted by atomic mass is 16.7. The second kappa shape index (κ2) is 7.17. The average Bonchev–Trinajstić information content (AvgIpc) is 2.49. The molecule has 5 atom stereocenters. The lowest BCUT2D eigenvalue weighted by Gasteiger charge is -2.39. The van der Waals surface area contributed by atoms with Crippen molar-refractivity contribution in [3.8, 4) is 5.75 Å². The Morgan fingerprint density at radius 1 is 1.00 bits per heavy atom. The van der Waals surface area contributed by atoms with Crippen LogP contribution in [0.3, 0.4) is 0 Å². The first-order valence-corrected chi connectivity index (χ1v) is 6.73. The van der Waals surface area contributed by atoms with E-state index in [1.54, 1.807) is 24.3 Å². The van der Waals surface area contributed by atoms with Gasteiger partial charge >= 0.3 is 0 Å². The van der Waals surface area contributed by atoms with Crippen molar-refractivity contribution >= 4 is 0 Å². The molecule has 2 rings (SSSR count). The fourth-order valence-electron chi connectivity index (χ4n) is 2.16. The third-order valence-corrected chi connectivity index (χ3v) is 3.46. The third-order valence-electron chi connectivity index (χ3n) is 3.46. The Morgan fingerprint density at radius 2 is 1.67 bits per heavy atom. The number of ether oxygens (including phenoxy) is 2. The maximum atomic E-state index is 9.78. The highest BCUT2D eigenvalue weighted by Gasteiger charge is 2.43. The van der Waals surface area contributed by atoms with Crippen LogP contribution in [0, 0.1) is 0 Å². The number of rotatable bonds is 5. The zero-order valence-corrected chi connectivity index (χ0v) is 11.4. The van der Waals surface area contributed by atoms with E-state index in [0.717, 1.165) is 5.56 Å². The number of aliphatic hydroxyl groups excluding tert-OH is 4. The highest BCUT2D eigenvalue weighted by molar-refractivity contribution is 5.25. The minimum atomic E-state index is -1.44. The number of hydrogen-bond donors (Lipinski definition) is 5. The van der Waals surface area contributed by atoms with E-state index in [0.29, 0.717) is 6.42 Å². The van der Waals surface area contributed by atoms with E-state index in [9.17, 15) is 20.4 Å². The number of phenolic OH excluding ortho intramolecular Hbond substituents is 1. The molecule has 0 bridgehead atoms. The summed E-state index contributed by atoms with van der Waals surface area (Å²) in [4.78, 5) is 0. The van der Waals surface area contributed by atoms with Gasteiger partial charge in [-0.3, -0.25) is 0 Å². The van der Waals surface area contributed by atoms with Crippen LogP contribution in [0.4, 0.5) is 0 Å². The Labute approximate surface area is 122 Å². The molecule has 0 amide bonds. The normalized spacial score (nSPS) is 33.0. The van der Waals surface area contributed by atoms with Gasteiger partial charge in [-0.05, 0) is 24.1 Å². The van der Waals surface area contributed by atoms with Crippen LogP contribution in [0.2, 0.25) is 0 Å². The summed E-state index contributed by atoms with van der Waals surface area (Å²) >= 11 is 0. The first-order valence-electron chi connectivity index (χ1n) is 6.73. The molecule has 0 saturated carbocycles. The lowest BCUT2D eigenvalue weighted by molar-refractivity contribution is -0.300. The zero-order valence-electron chi connectivity index (χ0n) is 11.4. The molecule has 1 aromatic carbocycles. The molecule has 3 unspecified atom stereocenters. The minimum absolute atomic E-state index is 0.175. The molecule has 0 spiro atoms. The van der Waals surface area contributed by atoms with Crippen molar-refractivity contribution in [1.29, 1.82) is 0 Å². The number of phenols is 1. The standard InChI is InChI=1S/C14H20O7/c15-7-10-11(17)12(18)13(19)14(21-10)20-6-5-8-1-3-9(16)4-2-8/h1-4,10-19H,5-7H2/t10?,11-,12?,13?,14-/m1/s1. The van der Waals surface area contributed by atoms with Gasteiger partial charge in [0.2, 0.25) is 0 Å². The van der Waals surface area contributed by atoms with Gasteiger partial charge in [0, 0.05) is 0 Å². The van der Waals surface area contributed by atoms with Gasteiger partial charge in [0.15, 0.2) is 6.29 Å². The summed E-state index contributed by atoms with van der Waals surface area (Å²) in [7, 11) is 0. The Morgan fingerprint density at radius 3 is 2.29 bits per heavy atom. The van der Waals surface area contributed by atoms with Crippen LogP contribution in [0.15, 0.2) is 24.3 Å². The van der Waals surface area contributed by atoms with Crippen molar-refractivity contribution < 1.29 is 35.0 Å². The molecular formula is C14H20O7. The van der Waals surface area contributed by atoms with E-state index in [1.165, 1.54) is 0 Å². The predicted octanol–water partition coefficient (Wildman–Crippen LogP) is -1.25. The van der Waals surface area contributed by atoms with Crippen LogP contribution >= 0.6 is 0 Å². The molecule has 1 aliphatic rings. The molecule has 7 nitrogen and oxygen atoms in total. The molecule has 118 valence electrons. The van der Waals surface area contributed by atoms with E-state index in [2.05, 4.69) is 0 Å². The molecule has 1 saturated heterocycles. The van der Waals surface area contributed by atoms with Gasteiger partial charge in [0.1, 0.15) is 30.2 Å². The molecule has 1 heterocycles. The van der Waals surface area contributed by atoms with Crippen LogP contribution < -0.4 is 0 Å². The van der Waals surface area contributed by atoms with Gasteiger partial charge < -0.3 is 35.0 Å². The molecule has 7 heteroatoms. The lowest BCUT2D eigenvalue weighted by atomic mass is 9.99.